The molecule has 0 saturated heterocycles. The van der Waals surface area contributed by atoms with Gasteiger partial charge in [0.25, 0.3) is 0 Å². The van der Waals surface area contributed by atoms with Crippen LogP contribution < -0.4 is 0 Å². The number of hydrogen-bond donors (Lipinski definition) is 0. The molecule has 2 aromatic rings. The first-order valence-corrected chi connectivity index (χ1v) is 5.74. The zero-order chi connectivity index (χ0) is 11.8. The third kappa shape index (κ3) is 3.56. The van der Waals surface area contributed by atoms with E-state index in [1.54, 1.807) is 0 Å². The second-order valence-corrected chi connectivity index (χ2v) is 2.91. The van der Waals surface area contributed by atoms with Gasteiger partial charge in [0.15, 0.2) is 0 Å². The van der Waals surface area contributed by atoms with Crippen LogP contribution in [0.25, 0.3) is 5.65 Å². The van der Waals surface area contributed by atoms with Crippen molar-refractivity contribution in [1.82, 2.24) is 9.38 Å². The van der Waals surface area contributed by atoms with Crippen molar-refractivity contribution >= 4 is 17.2 Å². The number of hydrogen-bond acceptors (Lipinski definition) is 1. The van der Waals surface area contributed by atoms with E-state index in [0.717, 1.165) is 16.4 Å². The van der Waals surface area contributed by atoms with Crippen molar-refractivity contribution in [2.24, 2.45) is 0 Å². The van der Waals surface area contributed by atoms with Gasteiger partial charge in [-0.15, -0.1) is 0 Å². The van der Waals surface area contributed by atoms with Gasteiger partial charge in [-0.1, -0.05) is 39.3 Å². The molecule has 0 aliphatic heterocycles. The number of pyridine rings is 1. The number of aryl methyl sites for hydroxylation is 1. The molecule has 2 heterocycles. The summed E-state index contributed by atoms with van der Waals surface area (Å²) in [4.78, 5) is 4.16. The van der Waals surface area contributed by atoms with E-state index in [0.29, 0.717) is 0 Å². The van der Waals surface area contributed by atoms with E-state index < -0.39 is 0 Å². The predicted molar refractivity (Wildman–Crippen MR) is 67.6 cm³/mol. The fourth-order valence-corrected chi connectivity index (χ4v) is 1.24. The highest BCUT2D eigenvalue weighted by molar-refractivity contribution is 6.30. The fourth-order valence-electron chi connectivity index (χ4n) is 1.08. The molecular weight excluding hydrogens is 208 g/mol. The highest BCUT2D eigenvalue weighted by Crippen LogP contribution is 2.12. The Hall–Kier alpha value is -1.02. The molecular formula is C12H19ClN2. The van der Waals surface area contributed by atoms with Crippen LogP contribution in [0.1, 0.15) is 33.4 Å². The van der Waals surface area contributed by atoms with Crippen LogP contribution >= 0.6 is 11.6 Å². The topological polar surface area (TPSA) is 17.3 Å². The molecule has 0 N–H and O–H groups in total. The lowest BCUT2D eigenvalue weighted by Gasteiger charge is -1.94. The van der Waals surface area contributed by atoms with Gasteiger partial charge in [-0.25, -0.2) is 4.98 Å². The molecule has 0 amide bonds. The maximum atomic E-state index is 5.77. The average Bonchev–Trinajstić information content (AvgIpc) is 2.65. The number of halogens is 1. The molecule has 0 bridgehead atoms. The summed E-state index contributed by atoms with van der Waals surface area (Å²) in [5.41, 5.74) is 2.02. The van der Waals surface area contributed by atoms with Crippen LogP contribution in [0.3, 0.4) is 0 Å². The third-order valence-corrected chi connectivity index (χ3v) is 1.90. The van der Waals surface area contributed by atoms with Crippen molar-refractivity contribution in [3.8, 4) is 0 Å². The zero-order valence-electron chi connectivity index (χ0n) is 10.1. The van der Waals surface area contributed by atoms with Gasteiger partial charge in [0.05, 0.1) is 0 Å². The smallest absolute Gasteiger partial charge is 0.138 e. The van der Waals surface area contributed by atoms with Crippen LogP contribution in [0, 0.1) is 6.92 Å². The highest BCUT2D eigenvalue weighted by atomic mass is 35.5. The van der Waals surface area contributed by atoms with Crippen molar-refractivity contribution in [2.45, 2.75) is 34.6 Å². The molecule has 2 nitrogen and oxygen atoms in total. The first kappa shape index (κ1) is 14.0. The second-order valence-electron chi connectivity index (χ2n) is 2.47. The molecule has 0 aromatic carbocycles. The lowest BCUT2D eigenvalue weighted by Crippen LogP contribution is -1.84. The summed E-state index contributed by atoms with van der Waals surface area (Å²) in [7, 11) is 0. The summed E-state index contributed by atoms with van der Waals surface area (Å²) in [6, 6.07) is 3.69. The normalized spacial score (nSPS) is 8.67. The number of aromatic nitrogens is 2. The number of rotatable bonds is 0. The van der Waals surface area contributed by atoms with Crippen LogP contribution in [-0.4, -0.2) is 9.38 Å². The Balaban J connectivity index is 0.000000442. The van der Waals surface area contributed by atoms with E-state index in [2.05, 4.69) is 4.98 Å². The van der Waals surface area contributed by atoms with Crippen LogP contribution in [0.15, 0.2) is 24.5 Å². The Morgan fingerprint density at radius 1 is 1.20 bits per heavy atom. The van der Waals surface area contributed by atoms with E-state index in [9.17, 15) is 0 Å². The monoisotopic (exact) mass is 226 g/mol. The molecule has 0 unspecified atom stereocenters. The minimum Gasteiger partial charge on any atom is -0.304 e. The molecule has 0 aliphatic carbocycles. The van der Waals surface area contributed by atoms with E-state index in [1.165, 1.54) is 0 Å². The second kappa shape index (κ2) is 7.30. The molecule has 0 aliphatic rings. The van der Waals surface area contributed by atoms with Crippen molar-refractivity contribution in [1.29, 1.82) is 0 Å². The Morgan fingerprint density at radius 2 is 1.80 bits per heavy atom. The average molecular weight is 227 g/mol. The SMILES string of the molecule is CC.CC.Cc1cnc2cc(Cl)ccn12. The summed E-state index contributed by atoms with van der Waals surface area (Å²) in [5.74, 6) is 0. The van der Waals surface area contributed by atoms with E-state index in [-0.39, 0.29) is 0 Å². The molecule has 0 saturated carbocycles. The maximum absolute atomic E-state index is 5.77. The molecule has 0 spiro atoms. The predicted octanol–water partition coefficient (Wildman–Crippen LogP) is 4.35. The van der Waals surface area contributed by atoms with Crippen LogP contribution in [0.2, 0.25) is 5.02 Å². The quantitative estimate of drug-likeness (QED) is 0.653. The van der Waals surface area contributed by atoms with Gasteiger partial charge in [-0.2, -0.15) is 0 Å². The molecule has 2 aromatic heterocycles. The molecule has 84 valence electrons. The lowest BCUT2D eigenvalue weighted by atomic mass is 10.4. The Labute approximate surface area is 96.9 Å². The first-order valence-electron chi connectivity index (χ1n) is 5.36. The van der Waals surface area contributed by atoms with Gasteiger partial charge < -0.3 is 4.40 Å². The van der Waals surface area contributed by atoms with Gasteiger partial charge in [-0.3, -0.25) is 0 Å². The van der Waals surface area contributed by atoms with Crippen LogP contribution in [0.4, 0.5) is 0 Å². The largest absolute Gasteiger partial charge is 0.304 e. The standard InChI is InChI=1S/C8H7ClN2.2C2H6/c1-6-5-10-8-4-7(9)2-3-11(6)8;2*1-2/h2-5H,1H3;2*1-2H3. The van der Waals surface area contributed by atoms with Crippen molar-refractivity contribution in [3.63, 3.8) is 0 Å². The summed E-state index contributed by atoms with van der Waals surface area (Å²) < 4.78 is 1.99. The van der Waals surface area contributed by atoms with Gasteiger partial charge >= 0.3 is 0 Å². The number of fused-ring (bicyclic) bond motifs is 1. The van der Waals surface area contributed by atoms with Gasteiger partial charge in [-0.05, 0) is 19.1 Å². The van der Waals surface area contributed by atoms with Crippen LogP contribution in [-0.2, 0) is 0 Å². The number of imidazole rings is 1. The summed E-state index contributed by atoms with van der Waals surface area (Å²) in [5, 5.41) is 0.725. The van der Waals surface area contributed by atoms with Crippen molar-refractivity contribution < 1.29 is 0 Å². The molecule has 3 heteroatoms. The van der Waals surface area contributed by atoms with E-state index in [1.807, 2.05) is 63.5 Å². The summed E-state index contributed by atoms with van der Waals surface area (Å²) in [6.07, 6.45) is 3.74. The molecule has 0 radical (unpaired) electrons. The van der Waals surface area contributed by atoms with Gasteiger partial charge in [0, 0.05) is 23.1 Å². The summed E-state index contributed by atoms with van der Waals surface area (Å²) in [6.45, 7) is 10.0. The molecule has 0 fully saturated rings. The molecule has 0 atom stereocenters. The Kier molecular flexibility index (Phi) is 6.80. The number of nitrogens with zero attached hydrogens (tertiary/aromatic N) is 2. The van der Waals surface area contributed by atoms with E-state index >= 15 is 0 Å². The molecule has 15 heavy (non-hydrogen) atoms. The Morgan fingerprint density at radius 3 is 2.40 bits per heavy atom. The Bertz CT molecular complexity index is 393. The first-order chi connectivity index (χ1) is 7.27. The van der Waals surface area contributed by atoms with Gasteiger partial charge in [0.2, 0.25) is 0 Å². The maximum Gasteiger partial charge on any atom is 0.138 e. The fraction of sp³-hybridized carbons (Fsp3) is 0.417. The van der Waals surface area contributed by atoms with E-state index in [4.69, 9.17) is 11.6 Å². The minimum atomic E-state index is 0.725. The zero-order valence-corrected chi connectivity index (χ0v) is 10.8. The van der Waals surface area contributed by atoms with Crippen LogP contribution in [0.5, 0.6) is 0 Å². The van der Waals surface area contributed by atoms with Crippen molar-refractivity contribution in [3.05, 3.63) is 35.2 Å². The van der Waals surface area contributed by atoms with Gasteiger partial charge in [0.1, 0.15) is 5.65 Å². The summed E-state index contributed by atoms with van der Waals surface area (Å²) >= 11 is 5.77. The molecule has 2 rings (SSSR count). The highest BCUT2D eigenvalue weighted by Gasteiger charge is 1.97. The lowest BCUT2D eigenvalue weighted by molar-refractivity contribution is 1.11. The van der Waals surface area contributed by atoms with Crippen molar-refractivity contribution in [2.75, 3.05) is 0 Å². The minimum absolute atomic E-state index is 0.725. The third-order valence-electron chi connectivity index (χ3n) is 1.66.